The molecule has 0 aliphatic heterocycles. The van der Waals surface area contributed by atoms with Crippen LogP contribution in [0.4, 0.5) is 9.59 Å². The van der Waals surface area contributed by atoms with Gasteiger partial charge in [-0.25, -0.2) is 9.59 Å². The van der Waals surface area contributed by atoms with Crippen molar-refractivity contribution in [3.05, 3.63) is 48.5 Å². The smallest absolute Gasteiger partial charge is 0.431 e. The molecule has 0 saturated heterocycles. The van der Waals surface area contributed by atoms with Crippen LogP contribution in [0.25, 0.3) is 21.5 Å². The number of carbonyl (C=O) groups is 2. The maximum atomic E-state index is 12.1. The van der Waals surface area contributed by atoms with Crippen LogP contribution in [-0.2, 0) is 9.47 Å². The molecular formula is C22H22O6. The van der Waals surface area contributed by atoms with Crippen LogP contribution >= 0.6 is 0 Å². The van der Waals surface area contributed by atoms with Crippen molar-refractivity contribution in [1.82, 2.24) is 0 Å². The molecule has 0 atom stereocenters. The van der Waals surface area contributed by atoms with Crippen LogP contribution in [0.3, 0.4) is 0 Å². The molecule has 0 bridgehead atoms. The number of fused-ring (bicyclic) bond motifs is 2. The molecule has 0 saturated carbocycles. The number of hydrogen-bond acceptors (Lipinski definition) is 6. The van der Waals surface area contributed by atoms with E-state index in [4.69, 9.17) is 18.9 Å². The Bertz CT molecular complexity index is 883. The molecule has 3 rings (SSSR count). The van der Waals surface area contributed by atoms with Gasteiger partial charge in [-0.15, -0.1) is 0 Å². The number of rotatable bonds is 4. The maximum absolute atomic E-state index is 12.1. The largest absolute Gasteiger partial charge is 0.514 e. The summed E-state index contributed by atoms with van der Waals surface area (Å²) < 4.78 is 21.3. The highest BCUT2D eigenvalue weighted by Gasteiger charge is 2.21. The predicted molar refractivity (Wildman–Crippen MR) is 106 cm³/mol. The van der Waals surface area contributed by atoms with Crippen molar-refractivity contribution in [1.29, 1.82) is 0 Å². The normalized spacial score (nSPS) is 11.1. The minimum absolute atomic E-state index is 0.307. The van der Waals surface area contributed by atoms with E-state index < -0.39 is 12.3 Å². The molecule has 28 heavy (non-hydrogen) atoms. The second-order valence-electron chi connectivity index (χ2n) is 6.79. The molecule has 0 N–H and O–H groups in total. The highest BCUT2D eigenvalue weighted by Crippen LogP contribution is 2.43. The van der Waals surface area contributed by atoms with Crippen LogP contribution in [0.5, 0.6) is 11.5 Å². The van der Waals surface area contributed by atoms with Gasteiger partial charge < -0.3 is 18.9 Å². The molecule has 0 heterocycles. The summed E-state index contributed by atoms with van der Waals surface area (Å²) in [6, 6.07) is 14.4. The number of benzene rings is 3. The van der Waals surface area contributed by atoms with Gasteiger partial charge in [0.05, 0.1) is 12.2 Å². The first-order valence-corrected chi connectivity index (χ1v) is 9.07. The molecule has 0 fully saturated rings. The lowest BCUT2D eigenvalue weighted by Gasteiger charge is -2.17. The molecule has 6 heteroatoms. The van der Waals surface area contributed by atoms with Crippen LogP contribution in [0.15, 0.2) is 48.5 Å². The average Bonchev–Trinajstić information content (AvgIpc) is 2.63. The monoisotopic (exact) mass is 382 g/mol. The Labute approximate surface area is 162 Å². The molecule has 0 aliphatic rings. The van der Waals surface area contributed by atoms with E-state index in [0.717, 1.165) is 0 Å². The van der Waals surface area contributed by atoms with Gasteiger partial charge in [0, 0.05) is 21.5 Å². The Hall–Kier alpha value is -3.28. The van der Waals surface area contributed by atoms with E-state index in [2.05, 4.69) is 0 Å². The molecule has 3 aromatic carbocycles. The van der Waals surface area contributed by atoms with Crippen molar-refractivity contribution in [3.63, 3.8) is 0 Å². The first kappa shape index (κ1) is 19.5. The third kappa shape index (κ3) is 4.17. The molecule has 0 spiro atoms. The van der Waals surface area contributed by atoms with Gasteiger partial charge >= 0.3 is 12.3 Å². The van der Waals surface area contributed by atoms with Crippen molar-refractivity contribution < 1.29 is 28.5 Å². The summed E-state index contributed by atoms with van der Waals surface area (Å²) in [5.41, 5.74) is 0. The topological polar surface area (TPSA) is 71.1 Å². The third-order valence-corrected chi connectivity index (χ3v) is 3.87. The second kappa shape index (κ2) is 8.17. The SMILES string of the molecule is CC(C)OC(=O)Oc1c2ccccc2c(OC(=O)OC(C)C)c2ccccc12. The number of hydrogen-bond donors (Lipinski definition) is 0. The second-order valence-corrected chi connectivity index (χ2v) is 6.79. The highest BCUT2D eigenvalue weighted by atomic mass is 16.7. The summed E-state index contributed by atoms with van der Waals surface area (Å²) in [5, 5.41) is 2.48. The van der Waals surface area contributed by atoms with Crippen molar-refractivity contribution >= 4 is 33.9 Å². The average molecular weight is 382 g/mol. The van der Waals surface area contributed by atoms with Crippen LogP contribution in [0.1, 0.15) is 27.7 Å². The summed E-state index contributed by atoms with van der Waals surface area (Å²) in [6.45, 7) is 6.98. The van der Waals surface area contributed by atoms with Crippen LogP contribution in [0.2, 0.25) is 0 Å². The van der Waals surface area contributed by atoms with Gasteiger partial charge in [-0.1, -0.05) is 48.5 Å². The van der Waals surface area contributed by atoms with Crippen LogP contribution in [0, 0.1) is 0 Å². The zero-order valence-electron chi connectivity index (χ0n) is 16.2. The third-order valence-electron chi connectivity index (χ3n) is 3.87. The van der Waals surface area contributed by atoms with Gasteiger partial charge in [0.2, 0.25) is 0 Å². The molecule has 0 amide bonds. The van der Waals surface area contributed by atoms with Crippen molar-refractivity contribution in [2.24, 2.45) is 0 Å². The molecule has 0 aromatic heterocycles. The van der Waals surface area contributed by atoms with Gasteiger partial charge in [-0.05, 0) is 27.7 Å². The van der Waals surface area contributed by atoms with E-state index in [9.17, 15) is 9.59 Å². The Morgan fingerprint density at radius 3 is 1.14 bits per heavy atom. The first-order chi connectivity index (χ1) is 13.4. The number of carbonyl (C=O) groups excluding carboxylic acids is 2. The van der Waals surface area contributed by atoms with E-state index >= 15 is 0 Å². The lowest BCUT2D eigenvalue weighted by atomic mass is 10.0. The zero-order chi connectivity index (χ0) is 20.3. The Balaban J connectivity index is 2.18. The zero-order valence-corrected chi connectivity index (χ0v) is 16.2. The molecule has 3 aromatic rings. The van der Waals surface area contributed by atoms with E-state index in [1.165, 1.54) is 0 Å². The lowest BCUT2D eigenvalue weighted by Crippen LogP contribution is -2.17. The lowest BCUT2D eigenvalue weighted by molar-refractivity contribution is 0.0719. The van der Waals surface area contributed by atoms with Gasteiger partial charge in [-0.2, -0.15) is 0 Å². The fraction of sp³-hybridized carbons (Fsp3) is 0.273. The van der Waals surface area contributed by atoms with E-state index in [-0.39, 0.29) is 12.2 Å². The minimum atomic E-state index is -0.793. The number of ether oxygens (including phenoxy) is 4. The highest BCUT2D eigenvalue weighted by molar-refractivity contribution is 6.12. The first-order valence-electron chi connectivity index (χ1n) is 9.07. The summed E-state index contributed by atoms with van der Waals surface area (Å²) in [4.78, 5) is 24.3. The van der Waals surface area contributed by atoms with E-state index in [1.807, 2.05) is 24.3 Å². The standard InChI is InChI=1S/C22H22O6/c1-13(2)25-21(23)27-19-15-9-5-7-11-17(15)20(28-22(24)26-14(3)4)18-12-8-6-10-16(18)19/h5-14H,1-4H3. The van der Waals surface area contributed by atoms with Crippen molar-refractivity contribution in [2.75, 3.05) is 0 Å². The fourth-order valence-corrected chi connectivity index (χ4v) is 2.87. The molecule has 146 valence electrons. The predicted octanol–water partition coefficient (Wildman–Crippen LogP) is 5.84. The van der Waals surface area contributed by atoms with Crippen molar-refractivity contribution in [3.8, 4) is 11.5 Å². The van der Waals surface area contributed by atoms with E-state index in [1.54, 1.807) is 52.0 Å². The maximum Gasteiger partial charge on any atom is 0.514 e. The minimum Gasteiger partial charge on any atom is -0.431 e. The molecule has 6 nitrogen and oxygen atoms in total. The Morgan fingerprint density at radius 2 is 0.893 bits per heavy atom. The van der Waals surface area contributed by atoms with Gasteiger partial charge in [0.1, 0.15) is 11.5 Å². The van der Waals surface area contributed by atoms with Crippen LogP contribution in [-0.4, -0.2) is 24.5 Å². The molecule has 0 aliphatic carbocycles. The van der Waals surface area contributed by atoms with E-state index in [0.29, 0.717) is 33.0 Å². The molecule has 0 unspecified atom stereocenters. The quantitative estimate of drug-likeness (QED) is 0.321. The summed E-state index contributed by atoms with van der Waals surface area (Å²) in [7, 11) is 0. The molecular weight excluding hydrogens is 360 g/mol. The van der Waals surface area contributed by atoms with Gasteiger partial charge in [0.15, 0.2) is 0 Å². The van der Waals surface area contributed by atoms with Gasteiger partial charge in [-0.3, -0.25) is 0 Å². The molecule has 0 radical (unpaired) electrons. The van der Waals surface area contributed by atoms with Gasteiger partial charge in [0.25, 0.3) is 0 Å². The Kier molecular flexibility index (Phi) is 5.68. The fourth-order valence-electron chi connectivity index (χ4n) is 2.87. The Morgan fingerprint density at radius 1 is 0.607 bits per heavy atom. The summed E-state index contributed by atoms with van der Waals surface area (Å²) in [6.07, 6.45) is -2.20. The van der Waals surface area contributed by atoms with Crippen molar-refractivity contribution in [2.45, 2.75) is 39.9 Å². The summed E-state index contributed by atoms with van der Waals surface area (Å²) in [5.74, 6) is 0.697. The summed E-state index contributed by atoms with van der Waals surface area (Å²) >= 11 is 0. The van der Waals surface area contributed by atoms with Crippen LogP contribution < -0.4 is 9.47 Å².